The lowest BCUT2D eigenvalue weighted by molar-refractivity contribution is -0.119. The SMILES string of the molecule is CC(C)C(CCO)NCC(=O)NC(N)=O. The lowest BCUT2D eigenvalue weighted by Crippen LogP contribution is -2.45. The Hall–Kier alpha value is -1.14. The van der Waals surface area contributed by atoms with Crippen molar-refractivity contribution in [1.82, 2.24) is 10.6 Å². The first kappa shape index (κ1) is 13.9. The number of nitrogens with two attached hydrogens (primary N) is 1. The molecule has 3 amide bonds. The van der Waals surface area contributed by atoms with E-state index in [9.17, 15) is 9.59 Å². The number of aliphatic hydroxyl groups is 1. The van der Waals surface area contributed by atoms with Crippen LogP contribution in [0, 0.1) is 5.92 Å². The number of urea groups is 1. The number of carbonyl (C=O) groups excluding carboxylic acids is 2. The molecule has 0 heterocycles. The van der Waals surface area contributed by atoms with Gasteiger partial charge in [-0.1, -0.05) is 13.8 Å². The predicted molar refractivity (Wildman–Crippen MR) is 56.1 cm³/mol. The monoisotopic (exact) mass is 217 g/mol. The second-order valence-corrected chi connectivity index (χ2v) is 3.66. The van der Waals surface area contributed by atoms with Gasteiger partial charge in [-0.05, 0) is 12.3 Å². The third-order valence-corrected chi connectivity index (χ3v) is 2.03. The molecule has 6 nitrogen and oxygen atoms in total. The van der Waals surface area contributed by atoms with Gasteiger partial charge in [0.25, 0.3) is 0 Å². The largest absolute Gasteiger partial charge is 0.396 e. The molecule has 0 aromatic heterocycles. The van der Waals surface area contributed by atoms with E-state index in [0.717, 1.165) is 0 Å². The smallest absolute Gasteiger partial charge is 0.318 e. The van der Waals surface area contributed by atoms with Gasteiger partial charge in [-0.25, -0.2) is 4.79 Å². The Bertz CT molecular complexity index is 219. The summed E-state index contributed by atoms with van der Waals surface area (Å²) in [6.45, 7) is 4.05. The van der Waals surface area contributed by atoms with E-state index >= 15 is 0 Å². The summed E-state index contributed by atoms with van der Waals surface area (Å²) in [6.07, 6.45) is 0.571. The van der Waals surface area contributed by atoms with Gasteiger partial charge in [0.1, 0.15) is 0 Å². The molecule has 88 valence electrons. The van der Waals surface area contributed by atoms with Crippen molar-refractivity contribution >= 4 is 11.9 Å². The van der Waals surface area contributed by atoms with Crippen molar-refractivity contribution < 1.29 is 14.7 Å². The summed E-state index contributed by atoms with van der Waals surface area (Å²) in [4.78, 5) is 21.4. The average Bonchev–Trinajstić information content (AvgIpc) is 2.10. The zero-order valence-corrected chi connectivity index (χ0v) is 9.12. The minimum absolute atomic E-state index is 0.0196. The first-order chi connectivity index (χ1) is 6.97. The van der Waals surface area contributed by atoms with Crippen LogP contribution in [-0.2, 0) is 4.79 Å². The molecular formula is C9H19N3O3. The normalized spacial score (nSPS) is 12.5. The Morgan fingerprint density at radius 3 is 2.40 bits per heavy atom. The Morgan fingerprint density at radius 1 is 1.40 bits per heavy atom. The van der Waals surface area contributed by atoms with Gasteiger partial charge in [-0.2, -0.15) is 0 Å². The van der Waals surface area contributed by atoms with Crippen molar-refractivity contribution in [1.29, 1.82) is 0 Å². The van der Waals surface area contributed by atoms with Gasteiger partial charge in [-0.3, -0.25) is 10.1 Å². The van der Waals surface area contributed by atoms with Gasteiger partial charge in [0.2, 0.25) is 5.91 Å². The van der Waals surface area contributed by atoms with Crippen molar-refractivity contribution in [3.8, 4) is 0 Å². The quantitative estimate of drug-likeness (QED) is 0.466. The highest BCUT2D eigenvalue weighted by Crippen LogP contribution is 2.04. The summed E-state index contributed by atoms with van der Waals surface area (Å²) in [7, 11) is 0. The molecule has 0 bridgehead atoms. The molecule has 0 fully saturated rings. The number of imide groups is 1. The van der Waals surface area contributed by atoms with Crippen LogP contribution < -0.4 is 16.4 Å². The highest BCUT2D eigenvalue weighted by molar-refractivity contribution is 5.94. The molecule has 0 saturated heterocycles. The minimum atomic E-state index is -0.856. The van der Waals surface area contributed by atoms with Crippen molar-refractivity contribution in [3.63, 3.8) is 0 Å². The van der Waals surface area contributed by atoms with Crippen molar-refractivity contribution in [2.24, 2.45) is 11.7 Å². The fraction of sp³-hybridized carbons (Fsp3) is 0.778. The van der Waals surface area contributed by atoms with Crippen LogP contribution in [0.15, 0.2) is 0 Å². The maximum atomic E-state index is 11.0. The lowest BCUT2D eigenvalue weighted by atomic mass is 10.0. The molecule has 1 atom stereocenters. The molecule has 0 aromatic carbocycles. The second kappa shape index (κ2) is 7.19. The molecule has 0 aromatic rings. The number of aliphatic hydroxyl groups excluding tert-OH is 1. The maximum Gasteiger partial charge on any atom is 0.318 e. The summed E-state index contributed by atoms with van der Waals surface area (Å²) >= 11 is 0. The maximum absolute atomic E-state index is 11.0. The van der Waals surface area contributed by atoms with E-state index in [-0.39, 0.29) is 19.2 Å². The number of amides is 3. The molecule has 1 unspecified atom stereocenters. The van der Waals surface area contributed by atoms with Crippen LogP contribution in [0.3, 0.4) is 0 Å². The van der Waals surface area contributed by atoms with E-state index in [1.807, 2.05) is 19.2 Å². The van der Waals surface area contributed by atoms with Crippen LogP contribution in [0.4, 0.5) is 4.79 Å². The molecule has 0 radical (unpaired) electrons. The molecule has 5 N–H and O–H groups in total. The number of carbonyl (C=O) groups is 2. The summed E-state index contributed by atoms with van der Waals surface area (Å²) in [6, 6.07) is -0.807. The van der Waals surface area contributed by atoms with Crippen LogP contribution in [0.5, 0.6) is 0 Å². The molecule has 0 aliphatic rings. The predicted octanol–water partition coefficient (Wildman–Crippen LogP) is -0.822. The fourth-order valence-electron chi connectivity index (χ4n) is 1.22. The summed E-state index contributed by atoms with van der Waals surface area (Å²) in [5.41, 5.74) is 4.78. The van der Waals surface area contributed by atoms with Crippen molar-refractivity contribution in [2.45, 2.75) is 26.3 Å². The van der Waals surface area contributed by atoms with E-state index in [0.29, 0.717) is 12.3 Å². The highest BCUT2D eigenvalue weighted by Gasteiger charge is 2.13. The molecule has 0 rings (SSSR count). The van der Waals surface area contributed by atoms with Crippen LogP contribution in [-0.4, -0.2) is 36.2 Å². The molecule has 0 aliphatic carbocycles. The fourth-order valence-corrected chi connectivity index (χ4v) is 1.22. The Kier molecular flexibility index (Phi) is 6.64. The standard InChI is InChI=1S/C9H19N3O3/c1-6(2)7(3-4-13)11-5-8(14)12-9(10)15/h6-7,11,13H,3-5H2,1-2H3,(H3,10,12,14,15). The first-order valence-electron chi connectivity index (χ1n) is 4.91. The van der Waals surface area contributed by atoms with Gasteiger partial charge in [-0.15, -0.1) is 0 Å². The van der Waals surface area contributed by atoms with E-state index in [1.54, 1.807) is 0 Å². The number of primary amides is 1. The first-order valence-corrected chi connectivity index (χ1v) is 4.91. The van der Waals surface area contributed by atoms with Gasteiger partial charge < -0.3 is 16.2 Å². The number of nitrogens with one attached hydrogen (secondary N) is 2. The molecule has 0 spiro atoms. The summed E-state index contributed by atoms with van der Waals surface area (Å²) in [5.74, 6) is -0.162. The van der Waals surface area contributed by atoms with Crippen LogP contribution in [0.2, 0.25) is 0 Å². The van der Waals surface area contributed by atoms with Crippen LogP contribution >= 0.6 is 0 Å². The van der Waals surface area contributed by atoms with E-state index in [1.165, 1.54) is 0 Å². The molecular weight excluding hydrogens is 198 g/mol. The minimum Gasteiger partial charge on any atom is -0.396 e. The van der Waals surface area contributed by atoms with E-state index in [4.69, 9.17) is 10.8 Å². The van der Waals surface area contributed by atoms with Gasteiger partial charge in [0.05, 0.1) is 6.54 Å². The van der Waals surface area contributed by atoms with E-state index in [2.05, 4.69) is 5.32 Å². The van der Waals surface area contributed by atoms with Gasteiger partial charge in [0.15, 0.2) is 0 Å². The lowest BCUT2D eigenvalue weighted by Gasteiger charge is -2.20. The third kappa shape index (κ3) is 6.87. The topological polar surface area (TPSA) is 104 Å². The zero-order chi connectivity index (χ0) is 11.8. The molecule has 0 aliphatic heterocycles. The third-order valence-electron chi connectivity index (χ3n) is 2.03. The van der Waals surface area contributed by atoms with Gasteiger partial charge >= 0.3 is 6.03 Å². The average molecular weight is 217 g/mol. The number of rotatable bonds is 6. The summed E-state index contributed by atoms with van der Waals surface area (Å²) in [5, 5.41) is 13.7. The Labute approximate surface area is 89.2 Å². The number of hydrogen-bond acceptors (Lipinski definition) is 4. The van der Waals surface area contributed by atoms with Crippen LogP contribution in [0.1, 0.15) is 20.3 Å². The van der Waals surface area contributed by atoms with Crippen molar-refractivity contribution in [2.75, 3.05) is 13.2 Å². The number of hydrogen-bond donors (Lipinski definition) is 4. The Morgan fingerprint density at radius 2 is 2.00 bits per heavy atom. The zero-order valence-electron chi connectivity index (χ0n) is 9.12. The second-order valence-electron chi connectivity index (χ2n) is 3.66. The molecule has 6 heteroatoms. The van der Waals surface area contributed by atoms with Gasteiger partial charge in [0, 0.05) is 12.6 Å². The van der Waals surface area contributed by atoms with Crippen LogP contribution in [0.25, 0.3) is 0 Å². The van der Waals surface area contributed by atoms with Crippen molar-refractivity contribution in [3.05, 3.63) is 0 Å². The molecule has 15 heavy (non-hydrogen) atoms. The van der Waals surface area contributed by atoms with E-state index < -0.39 is 11.9 Å². The highest BCUT2D eigenvalue weighted by atomic mass is 16.3. The molecule has 0 saturated carbocycles. The summed E-state index contributed by atoms with van der Waals surface area (Å²) < 4.78 is 0. The Balaban J connectivity index is 3.88.